The number of amides is 1. The zero-order chi connectivity index (χ0) is 22.4. The minimum atomic E-state index is -0.936. The first-order valence-corrected chi connectivity index (χ1v) is 10.2. The average molecular weight is 462 g/mol. The molecule has 0 aliphatic heterocycles. The first-order chi connectivity index (χ1) is 14.9. The van der Waals surface area contributed by atoms with Gasteiger partial charge in [0.2, 0.25) is 0 Å². The van der Waals surface area contributed by atoms with Crippen molar-refractivity contribution in [1.29, 1.82) is 0 Å². The molecule has 8 heteroatoms. The molecule has 3 aromatic carbocycles. The molecule has 3 rings (SSSR count). The van der Waals surface area contributed by atoms with Crippen LogP contribution in [0.3, 0.4) is 0 Å². The highest BCUT2D eigenvalue weighted by atomic mass is 35.5. The summed E-state index contributed by atoms with van der Waals surface area (Å²) in [5.41, 5.74) is 1.86. The summed E-state index contributed by atoms with van der Waals surface area (Å²) in [5, 5.41) is 2.57. The van der Waals surface area contributed by atoms with Gasteiger partial charge in [-0.2, -0.15) is 0 Å². The number of rotatable bonds is 7. The molecule has 3 N–H and O–H groups in total. The molecule has 0 saturated heterocycles. The minimum absolute atomic E-state index is 0. The van der Waals surface area contributed by atoms with E-state index in [-0.39, 0.29) is 17.3 Å². The van der Waals surface area contributed by atoms with Crippen molar-refractivity contribution < 1.29 is 28.6 Å². The summed E-state index contributed by atoms with van der Waals surface area (Å²) in [6.45, 7) is 1.72. The first kappa shape index (κ1) is 25.0. The lowest BCUT2D eigenvalue weighted by molar-refractivity contribution is -0.134. The second-order valence-corrected chi connectivity index (χ2v) is 7.06. The number of carbonyl (C=O) groups excluding carboxylic acids is 2. The zero-order valence-corrected chi connectivity index (χ0v) is 18.0. The number of alkyl halides is 1. The van der Waals surface area contributed by atoms with E-state index >= 15 is 0 Å². The maximum absolute atomic E-state index is 13.9. The van der Waals surface area contributed by atoms with E-state index in [2.05, 4.69) is 5.32 Å². The van der Waals surface area contributed by atoms with Crippen LogP contribution in [-0.4, -0.2) is 23.2 Å². The lowest BCUT2D eigenvalue weighted by Gasteiger charge is -2.17. The zero-order valence-electron chi connectivity index (χ0n) is 17.2. The number of carbonyl (C=O) groups is 2. The molecule has 0 aliphatic rings. The van der Waals surface area contributed by atoms with Crippen molar-refractivity contribution >= 4 is 23.5 Å². The van der Waals surface area contributed by atoms with Gasteiger partial charge in [0, 0.05) is 12.3 Å². The summed E-state index contributed by atoms with van der Waals surface area (Å²) in [6, 6.07) is 16.9. The Balaban J connectivity index is 0.00000363. The quantitative estimate of drug-likeness (QED) is 0.310. The van der Waals surface area contributed by atoms with Crippen molar-refractivity contribution in [2.45, 2.75) is 19.4 Å². The fraction of sp³-hybridized carbons (Fsp3) is 0.167. The third-order valence-corrected chi connectivity index (χ3v) is 4.98. The van der Waals surface area contributed by atoms with Gasteiger partial charge in [0.25, 0.3) is 5.91 Å². The van der Waals surface area contributed by atoms with Gasteiger partial charge in [0.15, 0.2) is 0 Å². The Morgan fingerprint density at radius 1 is 0.938 bits per heavy atom. The van der Waals surface area contributed by atoms with Crippen LogP contribution in [0.5, 0.6) is 5.75 Å². The molecule has 3 aromatic rings. The van der Waals surface area contributed by atoms with E-state index in [0.717, 1.165) is 23.3 Å². The van der Waals surface area contributed by atoms with E-state index < -0.39 is 29.1 Å². The van der Waals surface area contributed by atoms with Crippen LogP contribution in [0.4, 0.5) is 8.78 Å². The summed E-state index contributed by atoms with van der Waals surface area (Å²) in [7, 11) is 0. The SMILES string of the molecule is CCC(=O)Oc1ccc(-c2ccc(C(CCl)NC(=O)c3c(F)cccc3F)cc2)cc1.O. The Morgan fingerprint density at radius 3 is 1.97 bits per heavy atom. The molecule has 0 heterocycles. The van der Waals surface area contributed by atoms with E-state index in [9.17, 15) is 18.4 Å². The van der Waals surface area contributed by atoms with E-state index in [1.54, 1.807) is 31.2 Å². The van der Waals surface area contributed by atoms with Crippen LogP contribution in [0.1, 0.15) is 35.3 Å². The molecule has 0 spiro atoms. The fourth-order valence-corrected chi connectivity index (χ4v) is 3.24. The second-order valence-electron chi connectivity index (χ2n) is 6.75. The molecule has 0 fully saturated rings. The monoisotopic (exact) mass is 461 g/mol. The molecule has 0 saturated carbocycles. The normalized spacial score (nSPS) is 11.2. The summed E-state index contributed by atoms with van der Waals surface area (Å²) < 4.78 is 32.9. The minimum Gasteiger partial charge on any atom is -0.427 e. The third kappa shape index (κ3) is 5.90. The highest BCUT2D eigenvalue weighted by Gasteiger charge is 2.21. The Labute approximate surface area is 189 Å². The number of hydrogen-bond acceptors (Lipinski definition) is 3. The lowest BCUT2D eigenvalue weighted by atomic mass is 10.0. The van der Waals surface area contributed by atoms with Gasteiger partial charge < -0.3 is 15.5 Å². The fourth-order valence-electron chi connectivity index (χ4n) is 2.98. The van der Waals surface area contributed by atoms with E-state index in [1.165, 1.54) is 6.07 Å². The molecule has 5 nitrogen and oxygen atoms in total. The largest absolute Gasteiger partial charge is 0.427 e. The molecule has 1 amide bonds. The third-order valence-electron chi connectivity index (χ3n) is 4.67. The lowest BCUT2D eigenvalue weighted by Crippen LogP contribution is -2.31. The molecule has 0 radical (unpaired) electrons. The van der Waals surface area contributed by atoms with Crippen LogP contribution in [0.2, 0.25) is 0 Å². The van der Waals surface area contributed by atoms with Gasteiger partial charge in [-0.25, -0.2) is 8.78 Å². The molecule has 168 valence electrons. The van der Waals surface area contributed by atoms with E-state index in [4.69, 9.17) is 16.3 Å². The number of halogens is 3. The summed E-state index contributed by atoms with van der Waals surface area (Å²) in [6.07, 6.45) is 0.297. The molecule has 0 aliphatic carbocycles. The van der Waals surface area contributed by atoms with Crippen molar-refractivity contribution in [2.24, 2.45) is 0 Å². The second kappa shape index (κ2) is 11.4. The van der Waals surface area contributed by atoms with E-state index in [1.807, 2.05) is 24.3 Å². The summed E-state index contributed by atoms with van der Waals surface area (Å²) >= 11 is 6.00. The van der Waals surface area contributed by atoms with Gasteiger partial charge in [-0.15, -0.1) is 11.6 Å². The number of ether oxygens (including phenoxy) is 1. The topological polar surface area (TPSA) is 86.9 Å². The van der Waals surface area contributed by atoms with Crippen molar-refractivity contribution in [3.8, 4) is 16.9 Å². The van der Waals surface area contributed by atoms with Crippen LogP contribution >= 0.6 is 11.6 Å². The number of hydrogen-bond donors (Lipinski definition) is 1. The maximum Gasteiger partial charge on any atom is 0.310 e. The molecule has 0 bridgehead atoms. The van der Waals surface area contributed by atoms with Crippen molar-refractivity contribution in [3.63, 3.8) is 0 Å². The van der Waals surface area contributed by atoms with Crippen LogP contribution in [-0.2, 0) is 4.79 Å². The first-order valence-electron chi connectivity index (χ1n) is 9.64. The van der Waals surface area contributed by atoms with Gasteiger partial charge >= 0.3 is 5.97 Å². The molecule has 1 atom stereocenters. The molecule has 0 aromatic heterocycles. The molecule has 32 heavy (non-hydrogen) atoms. The highest BCUT2D eigenvalue weighted by molar-refractivity contribution is 6.18. The average Bonchev–Trinajstić information content (AvgIpc) is 2.78. The number of esters is 1. The molecule has 1 unspecified atom stereocenters. The smallest absolute Gasteiger partial charge is 0.310 e. The van der Waals surface area contributed by atoms with Crippen LogP contribution in [0, 0.1) is 11.6 Å². The predicted octanol–water partition coefficient (Wildman–Crippen LogP) is 4.83. The maximum atomic E-state index is 13.9. The number of benzene rings is 3. The summed E-state index contributed by atoms with van der Waals surface area (Å²) in [4.78, 5) is 23.7. The highest BCUT2D eigenvalue weighted by Crippen LogP contribution is 2.25. The Hall–Kier alpha value is -3.29. The Morgan fingerprint density at radius 2 is 1.47 bits per heavy atom. The van der Waals surface area contributed by atoms with Crippen LogP contribution in [0.25, 0.3) is 11.1 Å². The van der Waals surface area contributed by atoms with Crippen molar-refractivity contribution in [2.75, 3.05) is 5.88 Å². The van der Waals surface area contributed by atoms with Crippen LogP contribution < -0.4 is 10.1 Å². The van der Waals surface area contributed by atoms with Crippen LogP contribution in [0.15, 0.2) is 66.7 Å². The van der Waals surface area contributed by atoms with Gasteiger partial charge in [0.05, 0.1) is 6.04 Å². The van der Waals surface area contributed by atoms with Gasteiger partial charge in [-0.1, -0.05) is 49.4 Å². The van der Waals surface area contributed by atoms with Crippen molar-refractivity contribution in [3.05, 3.63) is 89.5 Å². The predicted molar refractivity (Wildman–Crippen MR) is 119 cm³/mol. The Bertz CT molecular complexity index is 1050. The molecular weight excluding hydrogens is 440 g/mol. The number of nitrogens with one attached hydrogen (secondary N) is 1. The molecular formula is C24H22ClF2NO4. The summed E-state index contributed by atoms with van der Waals surface area (Å²) in [5.74, 6) is -2.55. The van der Waals surface area contributed by atoms with Gasteiger partial charge in [-0.05, 0) is 41.0 Å². The Kier molecular flexibility index (Phi) is 8.87. The van der Waals surface area contributed by atoms with E-state index in [0.29, 0.717) is 17.7 Å². The van der Waals surface area contributed by atoms with Gasteiger partial charge in [-0.3, -0.25) is 9.59 Å². The van der Waals surface area contributed by atoms with Crippen molar-refractivity contribution in [1.82, 2.24) is 5.32 Å². The van der Waals surface area contributed by atoms with Gasteiger partial charge in [0.1, 0.15) is 22.9 Å². The standard InChI is InChI=1S/C24H20ClF2NO3.H2O/c1-2-22(29)31-18-12-10-16(11-13-18)15-6-8-17(9-7-15)21(14-25)28-24(30)23-19(26)4-3-5-20(23)27;/h3-13,21H,2,14H2,1H3,(H,28,30);1H2.